The van der Waals surface area contributed by atoms with Crippen LogP contribution in [0.25, 0.3) is 0 Å². The molecule has 0 spiro atoms. The average molecular weight is 362 g/mol. The summed E-state index contributed by atoms with van der Waals surface area (Å²) in [6.45, 7) is 0. The van der Waals surface area contributed by atoms with Crippen LogP contribution >= 0.6 is 0 Å². The van der Waals surface area contributed by atoms with Crippen molar-refractivity contribution < 1.29 is 62.2 Å². The minimum absolute atomic E-state index is 3.62. The van der Waals surface area contributed by atoms with Crippen molar-refractivity contribution in [1.29, 1.82) is 0 Å². The van der Waals surface area contributed by atoms with Crippen LogP contribution in [-0.4, -0.2) is 35.5 Å². The largest absolute Gasteiger partial charge is 0.504 e. The van der Waals surface area contributed by atoms with E-state index in [1.807, 2.05) is 0 Å². The highest BCUT2D eigenvalue weighted by Gasteiger charge is 2.76. The number of allylic oxidation sites excluding steroid dienone is 2. The maximum absolute atomic E-state index is 13.3. The fraction of sp³-hybridized carbons (Fsp3) is 0.750. The van der Waals surface area contributed by atoms with Gasteiger partial charge in [-0.1, -0.05) is 0 Å². The van der Waals surface area contributed by atoms with Gasteiger partial charge in [0.15, 0.2) is 0 Å². The zero-order chi connectivity index (χ0) is 18.4. The van der Waals surface area contributed by atoms with Crippen LogP contribution in [0.15, 0.2) is 11.3 Å². The Balaban J connectivity index is 6.64. The summed E-state index contributed by atoms with van der Waals surface area (Å²) >= 11 is 0. The molecule has 0 bridgehead atoms. The average Bonchev–Trinajstić information content (AvgIpc) is 2.17. The van der Waals surface area contributed by atoms with Gasteiger partial charge in [0, 0.05) is 5.57 Å². The highest BCUT2D eigenvalue weighted by molar-refractivity contribution is 5.29. The molecule has 14 heteroatoms. The summed E-state index contributed by atoms with van der Waals surface area (Å²) in [7, 11) is 0. The van der Waals surface area contributed by atoms with Gasteiger partial charge < -0.3 is 5.11 Å². The van der Waals surface area contributed by atoms with Gasteiger partial charge in [0.1, 0.15) is 0 Å². The third-order valence-corrected chi connectivity index (χ3v) is 2.13. The van der Waals surface area contributed by atoms with Crippen molar-refractivity contribution in [2.45, 2.75) is 36.8 Å². The number of hydrogen-bond acceptors (Lipinski definition) is 1. The molecule has 0 aliphatic heterocycles. The first-order valence-corrected chi connectivity index (χ1v) is 4.64. The second-order valence-corrected chi connectivity index (χ2v) is 3.77. The molecule has 1 N–H and O–H groups in total. The first-order chi connectivity index (χ1) is 9.25. The lowest BCUT2D eigenvalue weighted by Gasteiger charge is -2.33. The molecule has 0 radical (unpaired) electrons. The predicted molar refractivity (Wildman–Crippen MR) is 42.3 cm³/mol. The number of aliphatic hydroxyl groups excluding tert-OH is 1. The van der Waals surface area contributed by atoms with E-state index in [2.05, 4.69) is 0 Å². The lowest BCUT2D eigenvalue weighted by Crippen LogP contribution is -2.56. The Morgan fingerprint density at radius 2 is 0.955 bits per heavy atom. The van der Waals surface area contributed by atoms with Crippen LogP contribution in [0, 0.1) is 0 Å². The van der Waals surface area contributed by atoms with E-state index in [0.29, 0.717) is 0 Å². The summed E-state index contributed by atoms with van der Waals surface area (Å²) in [5.41, 5.74) is -11.0. The van der Waals surface area contributed by atoms with Crippen LogP contribution in [0.1, 0.15) is 6.42 Å². The number of halogens is 13. The molecule has 0 rings (SSSR count). The van der Waals surface area contributed by atoms with Gasteiger partial charge >= 0.3 is 30.4 Å². The van der Waals surface area contributed by atoms with E-state index in [4.69, 9.17) is 5.11 Å². The Labute approximate surface area is 112 Å². The number of aliphatic hydroxyl groups is 1. The van der Waals surface area contributed by atoms with Gasteiger partial charge in [-0.3, -0.25) is 0 Å². The van der Waals surface area contributed by atoms with Gasteiger partial charge in [0.2, 0.25) is 5.76 Å². The first-order valence-electron chi connectivity index (χ1n) is 4.64. The Morgan fingerprint density at radius 3 is 1.14 bits per heavy atom. The quantitative estimate of drug-likeness (QED) is 0.532. The van der Waals surface area contributed by atoms with Gasteiger partial charge in [0.05, 0.1) is 6.42 Å². The highest BCUT2D eigenvalue weighted by Crippen LogP contribution is 2.54. The van der Waals surface area contributed by atoms with E-state index in [9.17, 15) is 57.1 Å². The van der Waals surface area contributed by atoms with Crippen LogP contribution in [0.3, 0.4) is 0 Å². The predicted octanol–water partition coefficient (Wildman–Crippen LogP) is 5.15. The third kappa shape index (κ3) is 4.09. The number of hydrogen-bond donors (Lipinski definition) is 1. The molecular formula is C8H3F13O. The van der Waals surface area contributed by atoms with Crippen LogP contribution < -0.4 is 0 Å². The number of alkyl halides is 13. The molecule has 0 aliphatic rings. The molecular weight excluding hydrogens is 359 g/mol. The van der Waals surface area contributed by atoms with E-state index >= 15 is 0 Å². The van der Waals surface area contributed by atoms with Crippen LogP contribution in [-0.2, 0) is 0 Å². The molecule has 0 fully saturated rings. The molecule has 0 aromatic rings. The second kappa shape index (κ2) is 5.37. The van der Waals surface area contributed by atoms with Crippen LogP contribution in [0.5, 0.6) is 0 Å². The van der Waals surface area contributed by atoms with Crippen molar-refractivity contribution in [3.05, 3.63) is 11.3 Å². The molecule has 22 heavy (non-hydrogen) atoms. The normalized spacial score (nSPS) is 16.6. The molecule has 0 amide bonds. The maximum atomic E-state index is 13.3. The SMILES string of the molecule is O/C(=C(/CC(F)(F)F)C(F)(C(F)(F)F)C(F)(F)F)C(F)(F)F. The van der Waals surface area contributed by atoms with Gasteiger partial charge in [0.25, 0.3) is 0 Å². The van der Waals surface area contributed by atoms with Crippen molar-refractivity contribution in [2.24, 2.45) is 0 Å². The molecule has 0 aromatic carbocycles. The summed E-state index contributed by atoms with van der Waals surface area (Å²) in [6.07, 6.45) is -30.6. The first kappa shape index (κ1) is 20.6. The molecule has 0 atom stereocenters. The summed E-state index contributed by atoms with van der Waals surface area (Å²) < 4.78 is 158. The fourth-order valence-corrected chi connectivity index (χ4v) is 1.24. The van der Waals surface area contributed by atoms with E-state index in [-0.39, 0.29) is 0 Å². The standard InChI is InChI=1S/C8H3F13O/c9-4(10,11)1-2(3(22)6(13,14)15)5(12,7(16,17)18)8(19,20)21/h22H,1H2/b3-2-. The zero-order valence-electron chi connectivity index (χ0n) is 9.57. The molecule has 0 unspecified atom stereocenters. The number of rotatable bonds is 2. The Morgan fingerprint density at radius 1 is 0.636 bits per heavy atom. The van der Waals surface area contributed by atoms with Crippen LogP contribution in [0.4, 0.5) is 57.1 Å². The molecule has 1 nitrogen and oxygen atoms in total. The maximum Gasteiger partial charge on any atom is 0.448 e. The van der Waals surface area contributed by atoms with E-state index in [1.165, 1.54) is 0 Å². The van der Waals surface area contributed by atoms with Gasteiger partial charge in [-0.25, -0.2) is 4.39 Å². The Bertz CT molecular complexity index is 417. The topological polar surface area (TPSA) is 20.2 Å². The lowest BCUT2D eigenvalue weighted by atomic mass is 9.89. The van der Waals surface area contributed by atoms with Crippen molar-refractivity contribution >= 4 is 0 Å². The van der Waals surface area contributed by atoms with E-state index < -0.39 is 48.1 Å². The van der Waals surface area contributed by atoms with E-state index in [0.717, 1.165) is 0 Å². The van der Waals surface area contributed by atoms with Crippen LogP contribution in [0.2, 0.25) is 0 Å². The van der Waals surface area contributed by atoms with Gasteiger partial charge in [-0.05, 0) is 0 Å². The van der Waals surface area contributed by atoms with Crippen molar-refractivity contribution in [3.63, 3.8) is 0 Å². The lowest BCUT2D eigenvalue weighted by molar-refractivity contribution is -0.330. The molecule has 0 saturated heterocycles. The highest BCUT2D eigenvalue weighted by atomic mass is 19.4. The smallest absolute Gasteiger partial charge is 0.448 e. The second-order valence-electron chi connectivity index (χ2n) is 3.77. The van der Waals surface area contributed by atoms with Crippen molar-refractivity contribution in [1.82, 2.24) is 0 Å². The van der Waals surface area contributed by atoms with Gasteiger partial charge in [-0.15, -0.1) is 0 Å². The molecule has 0 aromatic heterocycles. The summed E-state index contributed by atoms with van der Waals surface area (Å²) in [5.74, 6) is -3.96. The summed E-state index contributed by atoms with van der Waals surface area (Å²) in [4.78, 5) is 0. The van der Waals surface area contributed by atoms with Gasteiger partial charge in [-0.2, -0.15) is 52.7 Å². The fourth-order valence-electron chi connectivity index (χ4n) is 1.24. The minimum atomic E-state index is -7.23. The van der Waals surface area contributed by atoms with Crippen molar-refractivity contribution in [2.75, 3.05) is 0 Å². The summed E-state index contributed by atoms with van der Waals surface area (Å²) in [6, 6.07) is 0. The Hall–Kier alpha value is -1.37. The molecule has 0 saturated carbocycles. The third-order valence-electron chi connectivity index (χ3n) is 2.13. The monoisotopic (exact) mass is 362 g/mol. The zero-order valence-corrected chi connectivity index (χ0v) is 9.57. The summed E-state index contributed by atoms with van der Waals surface area (Å²) in [5, 5.41) is 8.29. The Kier molecular flexibility index (Phi) is 5.03. The van der Waals surface area contributed by atoms with E-state index in [1.54, 1.807) is 0 Å². The van der Waals surface area contributed by atoms with Crippen molar-refractivity contribution in [3.8, 4) is 0 Å². The molecule has 132 valence electrons. The molecule has 0 aliphatic carbocycles. The minimum Gasteiger partial charge on any atom is -0.504 e. The molecule has 0 heterocycles.